The zero-order valence-corrected chi connectivity index (χ0v) is 11.9. The van der Waals surface area contributed by atoms with Crippen molar-refractivity contribution in [3.63, 3.8) is 0 Å². The molecule has 1 rings (SSSR count). The Balaban J connectivity index is 2.99. The van der Waals surface area contributed by atoms with Crippen LogP contribution in [-0.4, -0.2) is 27.9 Å². The first-order valence-electron chi connectivity index (χ1n) is 5.68. The molecule has 0 aromatic heterocycles. The van der Waals surface area contributed by atoms with Crippen LogP contribution in [0.2, 0.25) is 0 Å². The van der Waals surface area contributed by atoms with Crippen LogP contribution < -0.4 is 14.2 Å². The monoisotopic (exact) mass is 273 g/mol. The van der Waals surface area contributed by atoms with E-state index in [-0.39, 0.29) is 0 Å². The minimum atomic E-state index is -3.35. The van der Waals surface area contributed by atoms with E-state index in [1.54, 1.807) is 25.1 Å². The van der Waals surface area contributed by atoms with E-state index >= 15 is 0 Å². The number of nitrogens with one attached hydrogen (secondary N) is 1. The van der Waals surface area contributed by atoms with E-state index in [4.69, 9.17) is 9.47 Å². The van der Waals surface area contributed by atoms with Crippen molar-refractivity contribution in [2.24, 2.45) is 0 Å². The molecule has 0 aliphatic rings. The highest BCUT2D eigenvalue weighted by Crippen LogP contribution is 2.30. The summed E-state index contributed by atoms with van der Waals surface area (Å²) in [4.78, 5) is 0. The summed E-state index contributed by atoms with van der Waals surface area (Å²) in [6.07, 6.45) is 0.558. The second-order valence-corrected chi connectivity index (χ2v) is 6.03. The summed E-state index contributed by atoms with van der Waals surface area (Å²) in [5.41, 5.74) is 0.466. The Kier molecular flexibility index (Phi) is 4.84. The van der Waals surface area contributed by atoms with Crippen molar-refractivity contribution in [3.05, 3.63) is 18.2 Å². The van der Waals surface area contributed by atoms with Gasteiger partial charge in [0, 0.05) is 6.07 Å². The zero-order chi connectivity index (χ0) is 13.8. The van der Waals surface area contributed by atoms with Crippen LogP contribution in [0.25, 0.3) is 0 Å². The first-order valence-corrected chi connectivity index (χ1v) is 7.22. The molecule has 0 spiro atoms. The fourth-order valence-corrected chi connectivity index (χ4v) is 2.48. The highest BCUT2D eigenvalue weighted by atomic mass is 32.2. The van der Waals surface area contributed by atoms with Crippen molar-refractivity contribution in [2.45, 2.75) is 25.5 Å². The second-order valence-electron chi connectivity index (χ2n) is 3.94. The van der Waals surface area contributed by atoms with E-state index in [2.05, 4.69) is 4.72 Å². The number of benzene rings is 1. The standard InChI is InChI=1S/C12H19NO4S/c1-5-9(2)18(14,15)13-10-6-7-11(16-3)12(8-10)17-4/h6-9,13H,5H2,1-4H3/t9-/m0/s1. The molecule has 1 atom stereocenters. The maximum atomic E-state index is 11.9. The Labute approximate surface area is 108 Å². The van der Waals surface area contributed by atoms with E-state index in [9.17, 15) is 8.42 Å². The number of methoxy groups -OCH3 is 2. The van der Waals surface area contributed by atoms with Crippen LogP contribution in [-0.2, 0) is 10.0 Å². The normalized spacial score (nSPS) is 12.9. The van der Waals surface area contributed by atoms with Gasteiger partial charge in [0.2, 0.25) is 10.0 Å². The third-order valence-corrected chi connectivity index (χ3v) is 4.66. The molecule has 0 unspecified atom stereocenters. The van der Waals surface area contributed by atoms with Crippen molar-refractivity contribution < 1.29 is 17.9 Å². The molecular weight excluding hydrogens is 254 g/mol. The molecule has 0 aliphatic carbocycles. The lowest BCUT2D eigenvalue weighted by molar-refractivity contribution is 0.355. The van der Waals surface area contributed by atoms with Gasteiger partial charge in [-0.05, 0) is 25.5 Å². The zero-order valence-electron chi connectivity index (χ0n) is 11.1. The summed E-state index contributed by atoms with van der Waals surface area (Å²) < 4.78 is 36.5. The lowest BCUT2D eigenvalue weighted by Gasteiger charge is -2.14. The van der Waals surface area contributed by atoms with Crippen molar-refractivity contribution in [2.75, 3.05) is 18.9 Å². The highest BCUT2D eigenvalue weighted by Gasteiger charge is 2.19. The van der Waals surface area contributed by atoms with Crippen LogP contribution in [0, 0.1) is 0 Å². The van der Waals surface area contributed by atoms with Gasteiger partial charge in [-0.25, -0.2) is 8.42 Å². The topological polar surface area (TPSA) is 64.6 Å². The minimum Gasteiger partial charge on any atom is -0.493 e. The Morgan fingerprint density at radius 3 is 2.33 bits per heavy atom. The van der Waals surface area contributed by atoms with Crippen LogP contribution in [0.1, 0.15) is 20.3 Å². The molecule has 0 saturated heterocycles. The van der Waals surface area contributed by atoms with Crippen molar-refractivity contribution in [1.29, 1.82) is 0 Å². The minimum absolute atomic E-state index is 0.439. The molecule has 0 bridgehead atoms. The van der Waals surface area contributed by atoms with Gasteiger partial charge in [0.15, 0.2) is 11.5 Å². The lowest BCUT2D eigenvalue weighted by Crippen LogP contribution is -2.24. The summed E-state index contributed by atoms with van der Waals surface area (Å²) in [6.45, 7) is 3.50. The molecule has 0 radical (unpaired) electrons. The number of rotatable bonds is 6. The molecule has 0 fully saturated rings. The first-order chi connectivity index (χ1) is 8.44. The number of sulfonamides is 1. The van der Waals surface area contributed by atoms with Crippen LogP contribution in [0.5, 0.6) is 11.5 Å². The van der Waals surface area contributed by atoms with E-state index in [1.807, 2.05) is 6.92 Å². The summed E-state index contributed by atoms with van der Waals surface area (Å²) in [5.74, 6) is 1.05. The van der Waals surface area contributed by atoms with Crippen molar-refractivity contribution in [3.8, 4) is 11.5 Å². The van der Waals surface area contributed by atoms with Gasteiger partial charge < -0.3 is 9.47 Å². The molecule has 0 heterocycles. The van der Waals surface area contributed by atoms with E-state index in [0.29, 0.717) is 23.6 Å². The lowest BCUT2D eigenvalue weighted by atomic mass is 10.3. The Morgan fingerprint density at radius 1 is 1.22 bits per heavy atom. The maximum absolute atomic E-state index is 11.9. The average Bonchev–Trinajstić information content (AvgIpc) is 2.36. The molecular formula is C12H19NO4S. The molecule has 102 valence electrons. The van der Waals surface area contributed by atoms with E-state index in [1.165, 1.54) is 14.2 Å². The van der Waals surface area contributed by atoms with Gasteiger partial charge in [0.1, 0.15) is 0 Å². The fraction of sp³-hybridized carbons (Fsp3) is 0.500. The molecule has 0 aliphatic heterocycles. The second kappa shape index (κ2) is 5.95. The quantitative estimate of drug-likeness (QED) is 0.863. The van der Waals surface area contributed by atoms with Gasteiger partial charge in [-0.1, -0.05) is 6.92 Å². The first kappa shape index (κ1) is 14.6. The van der Waals surface area contributed by atoms with Crippen LogP contribution >= 0.6 is 0 Å². The number of hydrogen-bond acceptors (Lipinski definition) is 4. The Bertz CT molecular complexity index is 499. The molecule has 18 heavy (non-hydrogen) atoms. The Hall–Kier alpha value is -1.43. The number of anilines is 1. The van der Waals surface area contributed by atoms with Crippen molar-refractivity contribution in [1.82, 2.24) is 0 Å². The molecule has 6 heteroatoms. The SMILES string of the molecule is CC[C@H](C)S(=O)(=O)Nc1ccc(OC)c(OC)c1. The van der Waals surface area contributed by atoms with E-state index < -0.39 is 15.3 Å². The molecule has 1 aromatic carbocycles. The molecule has 5 nitrogen and oxygen atoms in total. The average molecular weight is 273 g/mol. The van der Waals surface area contributed by atoms with Gasteiger partial charge in [0.25, 0.3) is 0 Å². The summed E-state index contributed by atoms with van der Waals surface area (Å²) in [6, 6.07) is 4.90. The third-order valence-electron chi connectivity index (χ3n) is 2.75. The predicted molar refractivity (Wildman–Crippen MR) is 71.8 cm³/mol. The van der Waals surface area contributed by atoms with Crippen LogP contribution in [0.15, 0.2) is 18.2 Å². The fourth-order valence-electron chi connectivity index (χ4n) is 1.38. The third kappa shape index (κ3) is 3.29. The maximum Gasteiger partial charge on any atom is 0.235 e. The molecule has 0 saturated carbocycles. The molecule has 1 N–H and O–H groups in total. The van der Waals surface area contributed by atoms with Gasteiger partial charge in [-0.3, -0.25) is 4.72 Å². The molecule has 0 amide bonds. The smallest absolute Gasteiger partial charge is 0.235 e. The predicted octanol–water partition coefficient (Wildman–Crippen LogP) is 2.24. The van der Waals surface area contributed by atoms with E-state index in [0.717, 1.165) is 0 Å². The van der Waals surface area contributed by atoms with Gasteiger partial charge in [0.05, 0.1) is 25.2 Å². The summed E-state index contributed by atoms with van der Waals surface area (Å²) >= 11 is 0. The van der Waals surface area contributed by atoms with Gasteiger partial charge >= 0.3 is 0 Å². The van der Waals surface area contributed by atoms with Crippen molar-refractivity contribution >= 4 is 15.7 Å². The van der Waals surface area contributed by atoms with Crippen LogP contribution in [0.4, 0.5) is 5.69 Å². The van der Waals surface area contributed by atoms with Crippen LogP contribution in [0.3, 0.4) is 0 Å². The summed E-state index contributed by atoms with van der Waals surface area (Å²) in [5, 5.41) is -0.439. The largest absolute Gasteiger partial charge is 0.493 e. The molecule has 1 aromatic rings. The van der Waals surface area contributed by atoms with Gasteiger partial charge in [-0.15, -0.1) is 0 Å². The highest BCUT2D eigenvalue weighted by molar-refractivity contribution is 7.93. The Morgan fingerprint density at radius 2 is 1.83 bits per heavy atom. The summed E-state index contributed by atoms with van der Waals surface area (Å²) in [7, 11) is -0.321. The number of ether oxygens (including phenoxy) is 2. The number of hydrogen-bond donors (Lipinski definition) is 1. The van der Waals surface area contributed by atoms with Gasteiger partial charge in [-0.2, -0.15) is 0 Å².